The number of aromatic nitrogens is 4. The zero-order chi connectivity index (χ0) is 24.1. The van der Waals surface area contributed by atoms with Crippen LogP contribution in [0.3, 0.4) is 0 Å². The van der Waals surface area contributed by atoms with E-state index in [2.05, 4.69) is 34.2 Å². The Morgan fingerprint density at radius 1 is 1.12 bits per heavy atom. The molecule has 0 aliphatic heterocycles. The summed E-state index contributed by atoms with van der Waals surface area (Å²) in [5.41, 5.74) is 0.312. The third-order valence-corrected chi connectivity index (χ3v) is 7.60. The standard InChI is InChI=1S/C25H28F3N5O/c1-24-5-6-25(2,14-24)11-16(10-24)33(8-7-26)20-4-3-18(31-32-20)21-19(34)9-17(22(27)23(21)28)15-12-29-30-13-15/h3-4,9,12-13,16,34H,5-8,10-11,14H2,1-2H3,(H,29,30)/t16?,24-,25+. The summed E-state index contributed by atoms with van der Waals surface area (Å²) in [5, 5.41) is 25.1. The monoisotopic (exact) mass is 471 g/mol. The highest BCUT2D eigenvalue weighted by Gasteiger charge is 2.50. The average Bonchev–Trinajstić information content (AvgIpc) is 3.41. The summed E-state index contributed by atoms with van der Waals surface area (Å²) >= 11 is 0. The Kier molecular flexibility index (Phi) is 5.53. The van der Waals surface area contributed by atoms with Crippen molar-refractivity contribution in [2.75, 3.05) is 18.1 Å². The predicted molar refractivity (Wildman–Crippen MR) is 123 cm³/mol. The number of nitrogens with zero attached hydrogens (tertiary/aromatic N) is 4. The van der Waals surface area contributed by atoms with E-state index >= 15 is 0 Å². The second kappa shape index (κ2) is 8.29. The zero-order valence-corrected chi connectivity index (χ0v) is 19.3. The molecule has 0 spiro atoms. The highest BCUT2D eigenvalue weighted by molar-refractivity contribution is 5.75. The molecule has 2 aliphatic carbocycles. The van der Waals surface area contributed by atoms with Crippen molar-refractivity contribution in [1.29, 1.82) is 0 Å². The summed E-state index contributed by atoms with van der Waals surface area (Å²) in [4.78, 5) is 1.95. The third-order valence-electron chi connectivity index (χ3n) is 7.60. The molecule has 1 unspecified atom stereocenters. The topological polar surface area (TPSA) is 77.9 Å². The molecule has 0 saturated heterocycles. The number of hydrogen-bond donors (Lipinski definition) is 2. The highest BCUT2D eigenvalue weighted by Crippen LogP contribution is 2.59. The Labute approximate surface area is 196 Å². The summed E-state index contributed by atoms with van der Waals surface area (Å²) in [6.45, 7) is 4.28. The number of phenolic OH excluding ortho intramolecular Hbond substituents is 1. The summed E-state index contributed by atoms with van der Waals surface area (Å²) in [6.07, 6.45) is 8.19. The normalized spacial score (nSPS) is 26.1. The molecule has 9 heteroatoms. The van der Waals surface area contributed by atoms with Crippen LogP contribution in [0.1, 0.15) is 46.0 Å². The second-order valence-electron chi connectivity index (χ2n) is 10.5. The number of nitrogens with one attached hydrogen (secondary N) is 1. The zero-order valence-electron chi connectivity index (χ0n) is 19.3. The minimum Gasteiger partial charge on any atom is -0.507 e. The van der Waals surface area contributed by atoms with Gasteiger partial charge in [-0.2, -0.15) is 5.10 Å². The van der Waals surface area contributed by atoms with Gasteiger partial charge in [-0.1, -0.05) is 13.8 Å². The number of aromatic amines is 1. The summed E-state index contributed by atoms with van der Waals surface area (Å²) in [6, 6.07) is 4.41. The van der Waals surface area contributed by atoms with Crippen LogP contribution in [0.2, 0.25) is 0 Å². The lowest BCUT2D eigenvalue weighted by Gasteiger charge is -2.45. The van der Waals surface area contributed by atoms with Crippen molar-refractivity contribution in [3.8, 4) is 28.1 Å². The maximum Gasteiger partial charge on any atom is 0.172 e. The van der Waals surface area contributed by atoms with Gasteiger partial charge in [-0.15, -0.1) is 10.2 Å². The number of phenols is 1. The molecule has 2 aliphatic rings. The van der Waals surface area contributed by atoms with Crippen LogP contribution in [0.25, 0.3) is 22.4 Å². The van der Waals surface area contributed by atoms with Crippen molar-refractivity contribution < 1.29 is 18.3 Å². The van der Waals surface area contributed by atoms with E-state index in [1.54, 1.807) is 6.07 Å². The minimum atomic E-state index is -1.22. The van der Waals surface area contributed by atoms with Crippen molar-refractivity contribution in [2.45, 2.75) is 52.0 Å². The van der Waals surface area contributed by atoms with Gasteiger partial charge in [0.15, 0.2) is 17.5 Å². The highest BCUT2D eigenvalue weighted by atomic mass is 19.2. The van der Waals surface area contributed by atoms with Crippen LogP contribution in [0.5, 0.6) is 5.75 Å². The number of fused-ring (bicyclic) bond motifs is 2. The maximum atomic E-state index is 15.0. The summed E-state index contributed by atoms with van der Waals surface area (Å²) in [7, 11) is 0. The molecule has 5 rings (SSSR count). The molecular weight excluding hydrogens is 443 g/mol. The summed E-state index contributed by atoms with van der Waals surface area (Å²) < 4.78 is 43.2. The van der Waals surface area contributed by atoms with Crippen LogP contribution >= 0.6 is 0 Å². The molecule has 0 amide bonds. The molecule has 34 heavy (non-hydrogen) atoms. The van der Waals surface area contributed by atoms with Crippen molar-refractivity contribution in [3.05, 3.63) is 42.2 Å². The number of hydrogen-bond acceptors (Lipinski definition) is 5. The van der Waals surface area contributed by atoms with Gasteiger partial charge < -0.3 is 10.0 Å². The number of anilines is 1. The Morgan fingerprint density at radius 3 is 2.44 bits per heavy atom. The molecule has 3 atom stereocenters. The molecular formula is C25H28F3N5O. The van der Waals surface area contributed by atoms with Crippen molar-refractivity contribution >= 4 is 5.82 Å². The molecule has 6 nitrogen and oxygen atoms in total. The van der Waals surface area contributed by atoms with E-state index in [0.29, 0.717) is 11.4 Å². The lowest BCUT2D eigenvalue weighted by atomic mass is 9.68. The molecule has 180 valence electrons. The molecule has 1 aromatic carbocycles. The number of H-pyrrole nitrogens is 1. The van der Waals surface area contributed by atoms with Gasteiger partial charge in [0.2, 0.25) is 0 Å². The molecule has 2 bridgehead atoms. The Bertz CT molecular complexity index is 1170. The number of alkyl halides is 1. The fourth-order valence-corrected chi connectivity index (χ4v) is 6.24. The first kappa shape index (κ1) is 22.7. The van der Waals surface area contributed by atoms with E-state index in [0.717, 1.165) is 18.9 Å². The molecule has 2 fully saturated rings. The third kappa shape index (κ3) is 3.91. The molecule has 2 aromatic heterocycles. The smallest absolute Gasteiger partial charge is 0.172 e. The van der Waals surface area contributed by atoms with Gasteiger partial charge in [-0.25, -0.2) is 13.2 Å². The van der Waals surface area contributed by atoms with Crippen LogP contribution in [0.4, 0.5) is 19.0 Å². The van der Waals surface area contributed by atoms with E-state index in [1.807, 2.05) is 4.90 Å². The van der Waals surface area contributed by atoms with E-state index in [1.165, 1.54) is 37.7 Å². The first-order valence-corrected chi connectivity index (χ1v) is 11.6. The van der Waals surface area contributed by atoms with E-state index in [-0.39, 0.29) is 40.2 Å². The van der Waals surface area contributed by atoms with Crippen molar-refractivity contribution in [3.63, 3.8) is 0 Å². The van der Waals surface area contributed by atoms with Gasteiger partial charge in [0, 0.05) is 29.9 Å². The molecule has 3 aromatic rings. The number of benzene rings is 1. The number of rotatable bonds is 6. The Hall–Kier alpha value is -3.10. The lowest BCUT2D eigenvalue weighted by molar-refractivity contribution is 0.144. The quantitative estimate of drug-likeness (QED) is 0.486. The van der Waals surface area contributed by atoms with Crippen LogP contribution in [0, 0.1) is 22.5 Å². The second-order valence-corrected chi connectivity index (χ2v) is 10.5. The van der Waals surface area contributed by atoms with Crippen LogP contribution in [-0.2, 0) is 0 Å². The van der Waals surface area contributed by atoms with Gasteiger partial charge >= 0.3 is 0 Å². The van der Waals surface area contributed by atoms with Crippen LogP contribution in [-0.4, -0.2) is 44.8 Å². The van der Waals surface area contributed by atoms with Gasteiger partial charge in [-0.3, -0.25) is 5.10 Å². The van der Waals surface area contributed by atoms with Gasteiger partial charge in [0.1, 0.15) is 12.4 Å². The van der Waals surface area contributed by atoms with Gasteiger partial charge in [-0.05, 0) is 61.1 Å². The van der Waals surface area contributed by atoms with Crippen LogP contribution in [0.15, 0.2) is 30.6 Å². The lowest BCUT2D eigenvalue weighted by Crippen LogP contribution is -2.45. The van der Waals surface area contributed by atoms with Crippen molar-refractivity contribution in [1.82, 2.24) is 20.4 Å². The predicted octanol–water partition coefficient (Wildman–Crippen LogP) is 5.65. The Balaban J connectivity index is 1.46. The first-order valence-electron chi connectivity index (χ1n) is 11.6. The van der Waals surface area contributed by atoms with Gasteiger partial charge in [0.05, 0.1) is 17.5 Å². The fraction of sp³-hybridized carbons (Fsp3) is 0.480. The number of aromatic hydroxyl groups is 1. The molecule has 2 heterocycles. The number of halogens is 3. The summed E-state index contributed by atoms with van der Waals surface area (Å²) in [5.74, 6) is -2.29. The Morgan fingerprint density at radius 2 is 1.85 bits per heavy atom. The molecule has 2 N–H and O–H groups in total. The van der Waals surface area contributed by atoms with Crippen LogP contribution < -0.4 is 4.90 Å². The van der Waals surface area contributed by atoms with Gasteiger partial charge in [0.25, 0.3) is 0 Å². The van der Waals surface area contributed by atoms with E-state index < -0.39 is 24.1 Å². The minimum absolute atomic E-state index is 0.000714. The first-order chi connectivity index (χ1) is 16.2. The molecule has 2 saturated carbocycles. The molecule has 0 radical (unpaired) electrons. The van der Waals surface area contributed by atoms with Crippen molar-refractivity contribution in [2.24, 2.45) is 10.8 Å². The largest absolute Gasteiger partial charge is 0.507 e. The van der Waals surface area contributed by atoms with E-state index in [9.17, 15) is 18.3 Å². The van der Waals surface area contributed by atoms with E-state index in [4.69, 9.17) is 0 Å². The fourth-order valence-electron chi connectivity index (χ4n) is 6.24. The SMILES string of the molecule is C[C@]12CC[C@](C)(CC(N(CCF)c3ccc(-c4c(O)cc(-c5cn[nH]c5)c(F)c4F)nn3)C1)C2. The maximum absolute atomic E-state index is 15.0. The average molecular weight is 472 g/mol.